The summed E-state index contributed by atoms with van der Waals surface area (Å²) in [6.07, 6.45) is 4.46. The Balaban J connectivity index is 1.46. The molecule has 0 spiro atoms. The van der Waals surface area contributed by atoms with Crippen molar-refractivity contribution < 1.29 is 4.74 Å². The van der Waals surface area contributed by atoms with Gasteiger partial charge in [-0.15, -0.1) is 11.3 Å². The van der Waals surface area contributed by atoms with Gasteiger partial charge in [-0.3, -0.25) is 4.90 Å². The maximum Gasteiger partial charge on any atom is 0.185 e. The average molecular weight is 281 g/mol. The molecule has 0 unspecified atom stereocenters. The van der Waals surface area contributed by atoms with E-state index < -0.39 is 0 Å². The van der Waals surface area contributed by atoms with Gasteiger partial charge in [0.25, 0.3) is 0 Å². The molecule has 0 saturated carbocycles. The van der Waals surface area contributed by atoms with Crippen molar-refractivity contribution in [3.63, 3.8) is 0 Å². The summed E-state index contributed by atoms with van der Waals surface area (Å²) in [4.78, 5) is 10.8. The van der Waals surface area contributed by atoms with Gasteiger partial charge in [-0.2, -0.15) is 0 Å². The van der Waals surface area contributed by atoms with E-state index in [2.05, 4.69) is 21.7 Å². The lowest BCUT2D eigenvalue weighted by Gasteiger charge is -2.37. The normalized spacial score (nSPS) is 22.9. The minimum Gasteiger partial charge on any atom is -0.381 e. The Morgan fingerprint density at radius 2 is 2.00 bits per heavy atom. The smallest absolute Gasteiger partial charge is 0.185 e. The Morgan fingerprint density at radius 3 is 2.63 bits per heavy atom. The highest BCUT2D eigenvalue weighted by molar-refractivity contribution is 7.15. The highest BCUT2D eigenvalue weighted by Gasteiger charge is 2.22. The van der Waals surface area contributed by atoms with Crippen molar-refractivity contribution in [1.29, 1.82) is 0 Å². The predicted molar refractivity (Wildman–Crippen MR) is 79.0 cm³/mol. The summed E-state index contributed by atoms with van der Waals surface area (Å²) in [5.41, 5.74) is 0. The fourth-order valence-electron chi connectivity index (χ4n) is 2.90. The number of rotatable bonds is 3. The molecule has 19 heavy (non-hydrogen) atoms. The van der Waals surface area contributed by atoms with Crippen LogP contribution in [0, 0.1) is 12.8 Å². The van der Waals surface area contributed by atoms with Crippen LogP contribution in [0.3, 0.4) is 0 Å². The van der Waals surface area contributed by atoms with Gasteiger partial charge in [0.2, 0.25) is 0 Å². The molecule has 3 rings (SSSR count). The van der Waals surface area contributed by atoms with Gasteiger partial charge in [-0.25, -0.2) is 4.98 Å². The molecule has 0 atom stereocenters. The predicted octanol–water partition coefficient (Wildman–Crippen LogP) is 2.00. The maximum atomic E-state index is 5.43. The fraction of sp³-hybridized carbons (Fsp3) is 0.786. The van der Waals surface area contributed by atoms with Gasteiger partial charge in [0.1, 0.15) is 0 Å². The summed E-state index contributed by atoms with van der Waals surface area (Å²) in [7, 11) is 0. The Kier molecular flexibility index (Phi) is 4.35. The number of hydrogen-bond donors (Lipinski definition) is 0. The second kappa shape index (κ2) is 6.20. The third kappa shape index (κ3) is 3.46. The molecule has 4 nitrogen and oxygen atoms in total. The first-order valence-electron chi connectivity index (χ1n) is 7.29. The van der Waals surface area contributed by atoms with Crippen LogP contribution in [0.1, 0.15) is 17.7 Å². The molecule has 0 aromatic carbocycles. The van der Waals surface area contributed by atoms with Gasteiger partial charge in [0.15, 0.2) is 5.13 Å². The molecule has 2 aliphatic rings. The van der Waals surface area contributed by atoms with E-state index in [-0.39, 0.29) is 0 Å². The molecule has 0 N–H and O–H groups in total. The first-order valence-corrected chi connectivity index (χ1v) is 8.10. The number of aromatic nitrogens is 1. The van der Waals surface area contributed by atoms with Gasteiger partial charge < -0.3 is 9.64 Å². The second-order valence-electron chi connectivity index (χ2n) is 5.60. The van der Waals surface area contributed by atoms with E-state index in [0.29, 0.717) is 0 Å². The van der Waals surface area contributed by atoms with Crippen LogP contribution in [-0.2, 0) is 4.74 Å². The van der Waals surface area contributed by atoms with Crippen LogP contribution in [0.25, 0.3) is 0 Å². The molecular formula is C14H23N3OS. The third-order valence-corrected chi connectivity index (χ3v) is 5.08. The molecule has 1 aromatic rings. The lowest BCUT2D eigenvalue weighted by atomic mass is 9.99. The van der Waals surface area contributed by atoms with Crippen LogP contribution in [0.4, 0.5) is 5.13 Å². The number of anilines is 1. The number of piperazine rings is 1. The average Bonchev–Trinajstić information content (AvgIpc) is 2.87. The van der Waals surface area contributed by atoms with E-state index in [1.807, 2.05) is 17.5 Å². The van der Waals surface area contributed by atoms with Gasteiger partial charge in [-0.1, -0.05) is 0 Å². The summed E-state index contributed by atoms with van der Waals surface area (Å²) in [5, 5.41) is 1.20. The van der Waals surface area contributed by atoms with E-state index in [1.165, 1.54) is 42.5 Å². The van der Waals surface area contributed by atoms with E-state index >= 15 is 0 Å². The molecule has 0 radical (unpaired) electrons. The number of thiazole rings is 1. The summed E-state index contributed by atoms with van der Waals surface area (Å²) in [6, 6.07) is 0. The van der Waals surface area contributed by atoms with Crippen LogP contribution in [0.15, 0.2) is 6.20 Å². The second-order valence-corrected chi connectivity index (χ2v) is 6.81. The molecule has 1 aromatic heterocycles. The van der Waals surface area contributed by atoms with E-state index in [4.69, 9.17) is 4.74 Å². The van der Waals surface area contributed by atoms with Crippen LogP contribution in [-0.4, -0.2) is 55.8 Å². The molecule has 2 aliphatic heterocycles. The van der Waals surface area contributed by atoms with Crippen molar-refractivity contribution in [2.75, 3.05) is 50.8 Å². The van der Waals surface area contributed by atoms with Crippen LogP contribution in [0.2, 0.25) is 0 Å². The minimum atomic E-state index is 0.849. The van der Waals surface area contributed by atoms with Crippen molar-refractivity contribution in [1.82, 2.24) is 9.88 Å². The molecule has 2 fully saturated rings. The monoisotopic (exact) mass is 281 g/mol. The number of hydrogen-bond acceptors (Lipinski definition) is 5. The molecule has 2 saturated heterocycles. The van der Waals surface area contributed by atoms with Crippen molar-refractivity contribution in [3.05, 3.63) is 11.1 Å². The Bertz CT molecular complexity index is 395. The molecular weight excluding hydrogens is 258 g/mol. The van der Waals surface area contributed by atoms with E-state index in [1.54, 1.807) is 0 Å². The Labute approximate surface area is 119 Å². The Hall–Kier alpha value is -0.650. The quantitative estimate of drug-likeness (QED) is 0.847. The summed E-state index contributed by atoms with van der Waals surface area (Å²) < 4.78 is 5.43. The van der Waals surface area contributed by atoms with Gasteiger partial charge in [-0.05, 0) is 25.7 Å². The van der Waals surface area contributed by atoms with E-state index in [9.17, 15) is 0 Å². The lowest BCUT2D eigenvalue weighted by Crippen LogP contribution is -2.48. The van der Waals surface area contributed by atoms with Gasteiger partial charge >= 0.3 is 0 Å². The third-order valence-electron chi connectivity index (χ3n) is 4.11. The molecule has 106 valence electrons. The molecule has 3 heterocycles. The van der Waals surface area contributed by atoms with Crippen molar-refractivity contribution in [2.45, 2.75) is 19.8 Å². The van der Waals surface area contributed by atoms with Gasteiger partial charge in [0.05, 0.1) is 0 Å². The number of aryl methyl sites for hydroxylation is 1. The first kappa shape index (κ1) is 13.3. The zero-order chi connectivity index (χ0) is 13.1. The fourth-order valence-corrected chi connectivity index (χ4v) is 3.72. The minimum absolute atomic E-state index is 0.849. The highest BCUT2D eigenvalue weighted by Crippen LogP contribution is 2.23. The molecule has 0 bridgehead atoms. The zero-order valence-electron chi connectivity index (χ0n) is 11.7. The van der Waals surface area contributed by atoms with Crippen LogP contribution < -0.4 is 4.90 Å². The van der Waals surface area contributed by atoms with Crippen LogP contribution in [0.5, 0.6) is 0 Å². The van der Waals surface area contributed by atoms with Crippen molar-refractivity contribution in [3.8, 4) is 0 Å². The summed E-state index contributed by atoms with van der Waals surface area (Å²) in [6.45, 7) is 9.90. The SMILES string of the molecule is Cc1cnc(N2CCN(CC3CCOCC3)CC2)s1. The molecule has 5 heteroatoms. The summed E-state index contributed by atoms with van der Waals surface area (Å²) in [5.74, 6) is 0.849. The molecule has 0 aliphatic carbocycles. The number of nitrogens with zero attached hydrogens (tertiary/aromatic N) is 3. The zero-order valence-corrected chi connectivity index (χ0v) is 12.5. The van der Waals surface area contributed by atoms with Gasteiger partial charge in [0, 0.05) is 57.0 Å². The highest BCUT2D eigenvalue weighted by atomic mass is 32.1. The van der Waals surface area contributed by atoms with Crippen molar-refractivity contribution in [2.24, 2.45) is 5.92 Å². The standard InChI is InChI=1S/C14H23N3OS/c1-12-10-15-14(19-12)17-6-4-16(5-7-17)11-13-2-8-18-9-3-13/h10,13H,2-9,11H2,1H3. The van der Waals surface area contributed by atoms with E-state index in [0.717, 1.165) is 32.2 Å². The Morgan fingerprint density at radius 1 is 1.26 bits per heavy atom. The number of ether oxygens (including phenoxy) is 1. The largest absolute Gasteiger partial charge is 0.381 e. The molecule has 0 amide bonds. The van der Waals surface area contributed by atoms with Crippen molar-refractivity contribution >= 4 is 16.5 Å². The summed E-state index contributed by atoms with van der Waals surface area (Å²) >= 11 is 1.81. The first-order chi connectivity index (χ1) is 9.31. The lowest BCUT2D eigenvalue weighted by molar-refractivity contribution is 0.0517. The topological polar surface area (TPSA) is 28.6 Å². The van der Waals surface area contributed by atoms with Crippen LogP contribution >= 0.6 is 11.3 Å². The maximum absolute atomic E-state index is 5.43.